The summed E-state index contributed by atoms with van der Waals surface area (Å²) in [7, 11) is 1.50. The highest BCUT2D eigenvalue weighted by Gasteiger charge is 2.47. The predicted octanol–water partition coefficient (Wildman–Crippen LogP) is 2.11. The molecule has 12 nitrogen and oxygen atoms in total. The van der Waals surface area contributed by atoms with Gasteiger partial charge in [0.2, 0.25) is 5.89 Å². The van der Waals surface area contributed by atoms with Crippen molar-refractivity contribution in [3.8, 4) is 23.0 Å². The summed E-state index contributed by atoms with van der Waals surface area (Å²) in [5.41, 5.74) is 6.57. The van der Waals surface area contributed by atoms with Crippen molar-refractivity contribution >= 4 is 39.8 Å². The first-order valence-electron chi connectivity index (χ1n) is 10.3. The van der Waals surface area contributed by atoms with Crippen molar-refractivity contribution in [1.82, 2.24) is 29.9 Å². The van der Waals surface area contributed by atoms with Crippen LogP contribution in [0.3, 0.4) is 0 Å². The van der Waals surface area contributed by atoms with Gasteiger partial charge in [-0.15, -0.1) is 16.4 Å². The van der Waals surface area contributed by atoms with Gasteiger partial charge in [0.25, 0.3) is 0 Å². The number of hydrogen-bond donors (Lipinski definition) is 3. The molecule has 1 aliphatic rings. The third-order valence-corrected chi connectivity index (χ3v) is 7.45. The van der Waals surface area contributed by atoms with Crippen LogP contribution in [0.5, 0.6) is 0 Å². The number of aliphatic hydroxyl groups excluding tert-OH is 2. The fraction of sp³-hybridized carbons (Fsp3) is 0.350. The first-order chi connectivity index (χ1) is 17.0. The molecule has 0 bridgehead atoms. The topological polar surface area (TPSA) is 167 Å². The van der Waals surface area contributed by atoms with E-state index in [9.17, 15) is 10.2 Å². The molecule has 4 aromatic heterocycles. The van der Waals surface area contributed by atoms with Crippen LogP contribution in [-0.2, 0) is 9.47 Å². The van der Waals surface area contributed by atoms with Crippen molar-refractivity contribution in [3.63, 3.8) is 0 Å². The van der Waals surface area contributed by atoms with Crippen LogP contribution in [0.4, 0.5) is 5.13 Å². The standard InChI is InChI=1S/C20H20ClN7O5S2/c1-31-17-15(28-6-10(26-27-28)11-8-34-20(22)25-11)16(30)12(7-29)33-19(17)35-13-4-9(21)5-24-14(13)18-23-2-3-32-18/h2-6,8,12,15-17,19,29-30H,7H2,1H3,(H2,22,25)/t12?,15?,16-,17?,19+/m0/s1. The molecule has 0 radical (unpaired) electrons. The van der Waals surface area contributed by atoms with Crippen LogP contribution >= 0.6 is 34.7 Å². The maximum Gasteiger partial charge on any atom is 0.246 e. The molecule has 35 heavy (non-hydrogen) atoms. The van der Waals surface area contributed by atoms with Crippen LogP contribution in [0.1, 0.15) is 6.04 Å². The van der Waals surface area contributed by atoms with E-state index >= 15 is 0 Å². The molecule has 3 unspecified atom stereocenters. The summed E-state index contributed by atoms with van der Waals surface area (Å²) in [6, 6.07) is 0.973. The Labute approximate surface area is 212 Å². The van der Waals surface area contributed by atoms with E-state index in [4.69, 9.17) is 31.2 Å². The highest BCUT2D eigenvalue weighted by atomic mass is 35.5. The Kier molecular flexibility index (Phi) is 7.02. The number of ether oxygens (including phenoxy) is 2. The number of aromatic nitrogens is 6. The summed E-state index contributed by atoms with van der Waals surface area (Å²) in [5, 5.41) is 31.9. The number of nitrogen functional groups attached to an aromatic ring is 1. The van der Waals surface area contributed by atoms with Crippen LogP contribution in [0, 0.1) is 0 Å². The molecule has 5 heterocycles. The molecule has 0 saturated carbocycles. The lowest BCUT2D eigenvalue weighted by Crippen LogP contribution is -2.55. The fourth-order valence-corrected chi connectivity index (χ4v) is 5.87. The lowest BCUT2D eigenvalue weighted by atomic mass is 9.97. The Hall–Kier alpha value is -2.59. The molecule has 15 heteroatoms. The van der Waals surface area contributed by atoms with Crippen LogP contribution in [0.15, 0.2) is 45.6 Å². The third kappa shape index (κ3) is 4.78. The third-order valence-electron chi connectivity index (χ3n) is 5.39. The first-order valence-corrected chi connectivity index (χ1v) is 12.4. The number of thioether (sulfide) groups is 1. The maximum atomic E-state index is 11.0. The Balaban J connectivity index is 1.49. The molecule has 1 saturated heterocycles. The van der Waals surface area contributed by atoms with Gasteiger partial charge in [-0.2, -0.15) is 0 Å². The largest absolute Gasteiger partial charge is 0.443 e. The van der Waals surface area contributed by atoms with Gasteiger partial charge in [0.05, 0.1) is 24.0 Å². The Morgan fingerprint density at radius 1 is 1.34 bits per heavy atom. The molecule has 1 aliphatic heterocycles. The minimum absolute atomic E-state index is 0.313. The van der Waals surface area contributed by atoms with Gasteiger partial charge in [0.1, 0.15) is 53.1 Å². The fourth-order valence-electron chi connectivity index (χ4n) is 3.79. The minimum Gasteiger partial charge on any atom is -0.443 e. The number of nitrogens with two attached hydrogens (primary N) is 1. The molecule has 5 atom stereocenters. The molecular weight excluding hydrogens is 518 g/mol. The van der Waals surface area contributed by atoms with Crippen molar-refractivity contribution in [3.05, 3.63) is 41.3 Å². The number of oxazole rings is 1. The quantitative estimate of drug-likeness (QED) is 0.314. The minimum atomic E-state index is -1.14. The molecule has 0 spiro atoms. The van der Waals surface area contributed by atoms with Crippen molar-refractivity contribution in [2.24, 2.45) is 0 Å². The molecule has 0 aromatic carbocycles. The molecule has 0 amide bonds. The Morgan fingerprint density at radius 2 is 2.20 bits per heavy atom. The summed E-state index contributed by atoms with van der Waals surface area (Å²) < 4.78 is 18.7. The number of thiazole rings is 1. The highest BCUT2D eigenvalue weighted by molar-refractivity contribution is 8.00. The second kappa shape index (κ2) is 10.2. The van der Waals surface area contributed by atoms with Gasteiger partial charge in [-0.3, -0.25) is 0 Å². The van der Waals surface area contributed by atoms with E-state index in [-0.39, 0.29) is 0 Å². The van der Waals surface area contributed by atoms with E-state index in [0.29, 0.717) is 38.0 Å². The smallest absolute Gasteiger partial charge is 0.246 e. The number of nitrogens with zero attached hydrogens (tertiary/aromatic N) is 6. The van der Waals surface area contributed by atoms with Gasteiger partial charge >= 0.3 is 0 Å². The van der Waals surface area contributed by atoms with E-state index in [1.54, 1.807) is 17.6 Å². The van der Waals surface area contributed by atoms with E-state index in [0.717, 1.165) is 0 Å². The van der Waals surface area contributed by atoms with E-state index in [2.05, 4.69) is 25.3 Å². The molecule has 4 aromatic rings. The normalized spacial score (nSPS) is 24.6. The Bertz CT molecular complexity index is 1290. The number of aliphatic hydroxyl groups is 2. The second-order valence-electron chi connectivity index (χ2n) is 7.52. The Morgan fingerprint density at radius 3 is 2.89 bits per heavy atom. The van der Waals surface area contributed by atoms with Gasteiger partial charge < -0.3 is 29.8 Å². The average Bonchev–Trinajstić information content (AvgIpc) is 3.62. The van der Waals surface area contributed by atoms with Gasteiger partial charge in [0, 0.05) is 23.6 Å². The summed E-state index contributed by atoms with van der Waals surface area (Å²) in [5.74, 6) is 0.313. The molecule has 4 N–H and O–H groups in total. The van der Waals surface area contributed by atoms with Crippen LogP contribution in [0.2, 0.25) is 5.02 Å². The molecule has 0 aliphatic carbocycles. The van der Waals surface area contributed by atoms with Gasteiger partial charge in [0.15, 0.2) is 5.13 Å². The highest BCUT2D eigenvalue weighted by Crippen LogP contribution is 2.42. The lowest BCUT2D eigenvalue weighted by Gasteiger charge is -2.43. The van der Waals surface area contributed by atoms with Crippen LogP contribution in [-0.4, -0.2) is 77.6 Å². The van der Waals surface area contributed by atoms with Crippen molar-refractivity contribution in [2.45, 2.75) is 34.7 Å². The summed E-state index contributed by atoms with van der Waals surface area (Å²) in [4.78, 5) is 13.4. The zero-order valence-electron chi connectivity index (χ0n) is 18.1. The second-order valence-corrected chi connectivity index (χ2v) is 9.98. The summed E-state index contributed by atoms with van der Waals surface area (Å²) >= 11 is 8.76. The lowest BCUT2D eigenvalue weighted by molar-refractivity contribution is -0.186. The number of hydrogen-bond acceptors (Lipinski definition) is 13. The number of rotatable bonds is 7. The number of halogens is 1. The summed E-state index contributed by atoms with van der Waals surface area (Å²) in [6.07, 6.45) is 3.35. The molecule has 184 valence electrons. The van der Waals surface area contributed by atoms with Gasteiger partial charge in [-0.1, -0.05) is 28.6 Å². The monoisotopic (exact) mass is 537 g/mol. The van der Waals surface area contributed by atoms with Gasteiger partial charge in [-0.25, -0.2) is 19.6 Å². The zero-order chi connectivity index (χ0) is 24.5. The molecular formula is C20H20ClN7O5S2. The van der Waals surface area contributed by atoms with Crippen LogP contribution in [0.25, 0.3) is 23.0 Å². The zero-order valence-corrected chi connectivity index (χ0v) is 20.5. The average molecular weight is 538 g/mol. The molecule has 1 fully saturated rings. The number of pyridine rings is 1. The summed E-state index contributed by atoms with van der Waals surface area (Å²) in [6.45, 7) is -0.421. The van der Waals surface area contributed by atoms with Crippen LogP contribution < -0.4 is 5.73 Å². The van der Waals surface area contributed by atoms with Crippen molar-refractivity contribution < 1.29 is 24.1 Å². The first kappa shape index (κ1) is 24.1. The van der Waals surface area contributed by atoms with Gasteiger partial charge in [-0.05, 0) is 6.07 Å². The van der Waals surface area contributed by atoms with E-state index < -0.39 is 36.4 Å². The predicted molar refractivity (Wildman–Crippen MR) is 128 cm³/mol. The number of anilines is 1. The van der Waals surface area contributed by atoms with E-state index in [1.165, 1.54) is 53.5 Å². The van der Waals surface area contributed by atoms with Crippen molar-refractivity contribution in [2.75, 3.05) is 19.5 Å². The molecule has 5 rings (SSSR count). The SMILES string of the molecule is COC1C(n2cc(-c3csc(N)n3)nn2)[C@@H](O)C(CO)O[C@@H]1Sc1cc(Cl)cnc1-c1ncco1. The van der Waals surface area contributed by atoms with Crippen molar-refractivity contribution in [1.29, 1.82) is 0 Å². The van der Waals surface area contributed by atoms with E-state index in [1.807, 2.05) is 0 Å². The number of methoxy groups -OCH3 is 1. The maximum absolute atomic E-state index is 11.0.